The Balaban J connectivity index is 1.92. The van der Waals surface area contributed by atoms with Crippen molar-refractivity contribution in [3.05, 3.63) is 82.3 Å². The van der Waals surface area contributed by atoms with Gasteiger partial charge in [-0.1, -0.05) is 65.7 Å². The van der Waals surface area contributed by atoms with E-state index in [2.05, 4.69) is 0 Å². The molecule has 1 heterocycles. The predicted octanol–water partition coefficient (Wildman–Crippen LogP) is 7.16. The van der Waals surface area contributed by atoms with Crippen molar-refractivity contribution in [3.8, 4) is 32.3 Å². The molecular formula is C23H17Cl2NO2S2. The summed E-state index contributed by atoms with van der Waals surface area (Å²) in [6.45, 7) is 1.96. The molecule has 0 amide bonds. The Hall–Kier alpha value is -2.18. The van der Waals surface area contributed by atoms with Crippen LogP contribution in [0.3, 0.4) is 0 Å². The first-order valence-electron chi connectivity index (χ1n) is 9.07. The summed E-state index contributed by atoms with van der Waals surface area (Å²) in [5.74, 6) is 0. The Kier molecular flexibility index (Phi) is 5.73. The summed E-state index contributed by atoms with van der Waals surface area (Å²) in [5.41, 5.74) is 4.38. The van der Waals surface area contributed by atoms with E-state index in [4.69, 9.17) is 28.2 Å². The van der Waals surface area contributed by atoms with Crippen molar-refractivity contribution in [1.82, 2.24) is 4.98 Å². The van der Waals surface area contributed by atoms with Crippen LogP contribution in [0.5, 0.6) is 0 Å². The summed E-state index contributed by atoms with van der Waals surface area (Å²) in [4.78, 5) is 6.09. The molecule has 3 nitrogen and oxygen atoms in total. The monoisotopic (exact) mass is 473 g/mol. The fourth-order valence-electron chi connectivity index (χ4n) is 3.06. The van der Waals surface area contributed by atoms with Crippen LogP contribution in [0.2, 0.25) is 10.0 Å². The molecule has 1 aromatic heterocycles. The number of benzene rings is 3. The van der Waals surface area contributed by atoms with Gasteiger partial charge >= 0.3 is 0 Å². The van der Waals surface area contributed by atoms with Gasteiger partial charge in [-0.2, -0.15) is 0 Å². The first-order valence-corrected chi connectivity index (χ1v) is 12.5. The molecule has 0 unspecified atom stereocenters. The standard InChI is InChI=1S/C23H17Cl2NO2S2/c1-14-7-8-16(13-20(14)25)22-21(15-9-11-17(12-10-15)30(2,27)28)26-23(29-22)18-5-3-4-6-19(18)24/h3-13H,1-2H3. The number of rotatable bonds is 4. The summed E-state index contributed by atoms with van der Waals surface area (Å²) < 4.78 is 23.6. The van der Waals surface area contributed by atoms with Crippen LogP contribution in [-0.2, 0) is 9.84 Å². The maximum Gasteiger partial charge on any atom is 0.175 e. The number of nitrogens with zero attached hydrogens (tertiary/aromatic N) is 1. The van der Waals surface area contributed by atoms with Gasteiger partial charge in [0, 0.05) is 22.4 Å². The number of thiazole rings is 1. The molecular weight excluding hydrogens is 457 g/mol. The van der Waals surface area contributed by atoms with Crippen LogP contribution in [0.1, 0.15) is 5.56 Å². The molecule has 0 atom stereocenters. The van der Waals surface area contributed by atoms with Gasteiger partial charge in [-0.15, -0.1) is 11.3 Å². The molecule has 0 aliphatic carbocycles. The quantitative estimate of drug-likeness (QED) is 0.315. The van der Waals surface area contributed by atoms with Crippen molar-refractivity contribution < 1.29 is 8.42 Å². The van der Waals surface area contributed by atoms with Crippen LogP contribution in [0.15, 0.2) is 71.6 Å². The molecule has 0 radical (unpaired) electrons. The first-order chi connectivity index (χ1) is 14.2. The SMILES string of the molecule is Cc1ccc(-c2sc(-c3ccccc3Cl)nc2-c2ccc(S(C)(=O)=O)cc2)cc1Cl. The van der Waals surface area contributed by atoms with Crippen LogP contribution in [-0.4, -0.2) is 19.7 Å². The molecule has 3 aromatic carbocycles. The average molecular weight is 474 g/mol. The van der Waals surface area contributed by atoms with E-state index in [9.17, 15) is 8.42 Å². The largest absolute Gasteiger partial charge is 0.235 e. The molecule has 0 spiro atoms. The highest BCUT2D eigenvalue weighted by Gasteiger charge is 2.18. The average Bonchev–Trinajstić information content (AvgIpc) is 3.15. The van der Waals surface area contributed by atoms with Crippen molar-refractivity contribution in [3.63, 3.8) is 0 Å². The second kappa shape index (κ2) is 8.16. The summed E-state index contributed by atoms with van der Waals surface area (Å²) in [6.07, 6.45) is 1.19. The van der Waals surface area contributed by atoms with E-state index in [0.717, 1.165) is 37.8 Å². The third-order valence-electron chi connectivity index (χ3n) is 4.72. The Morgan fingerprint density at radius 3 is 2.17 bits per heavy atom. The highest BCUT2D eigenvalue weighted by Crippen LogP contribution is 2.43. The van der Waals surface area contributed by atoms with Crippen molar-refractivity contribution in [1.29, 1.82) is 0 Å². The third kappa shape index (κ3) is 4.16. The van der Waals surface area contributed by atoms with Crippen molar-refractivity contribution in [2.24, 2.45) is 0 Å². The topological polar surface area (TPSA) is 47.0 Å². The number of aryl methyl sites for hydroxylation is 1. The third-order valence-corrected chi connectivity index (χ3v) is 7.72. The van der Waals surface area contributed by atoms with Gasteiger partial charge in [-0.25, -0.2) is 13.4 Å². The molecule has 0 aliphatic heterocycles. The molecule has 7 heteroatoms. The lowest BCUT2D eigenvalue weighted by Gasteiger charge is -2.06. The van der Waals surface area contributed by atoms with Crippen LogP contribution in [0, 0.1) is 6.92 Å². The summed E-state index contributed by atoms with van der Waals surface area (Å²) >= 11 is 14.3. The Morgan fingerprint density at radius 1 is 0.867 bits per heavy atom. The van der Waals surface area contributed by atoms with E-state index in [0.29, 0.717) is 10.0 Å². The maximum absolute atomic E-state index is 11.8. The van der Waals surface area contributed by atoms with Crippen LogP contribution in [0.25, 0.3) is 32.3 Å². The number of hydrogen-bond donors (Lipinski definition) is 0. The van der Waals surface area contributed by atoms with E-state index in [1.54, 1.807) is 24.3 Å². The molecule has 0 bridgehead atoms. The van der Waals surface area contributed by atoms with Gasteiger partial charge in [0.05, 0.1) is 20.5 Å². The minimum Gasteiger partial charge on any atom is -0.235 e. The number of halogens is 2. The van der Waals surface area contributed by atoms with E-state index >= 15 is 0 Å². The minimum absolute atomic E-state index is 0.271. The van der Waals surface area contributed by atoms with E-state index in [1.165, 1.54) is 17.6 Å². The van der Waals surface area contributed by atoms with E-state index in [-0.39, 0.29) is 4.90 Å². The fourth-order valence-corrected chi connectivity index (χ4v) is 5.27. The number of hydrogen-bond acceptors (Lipinski definition) is 4. The van der Waals surface area contributed by atoms with Gasteiger partial charge < -0.3 is 0 Å². The maximum atomic E-state index is 11.8. The fraction of sp³-hybridized carbons (Fsp3) is 0.0870. The first kappa shape index (κ1) is 21.1. The highest BCUT2D eigenvalue weighted by atomic mass is 35.5. The van der Waals surface area contributed by atoms with Crippen LogP contribution < -0.4 is 0 Å². The van der Waals surface area contributed by atoms with Crippen molar-refractivity contribution in [2.45, 2.75) is 11.8 Å². The lowest BCUT2D eigenvalue weighted by atomic mass is 10.1. The summed E-state index contributed by atoms with van der Waals surface area (Å²) in [7, 11) is -3.27. The molecule has 0 saturated carbocycles. The van der Waals surface area contributed by atoms with Gasteiger partial charge in [0.15, 0.2) is 9.84 Å². The van der Waals surface area contributed by atoms with Crippen LogP contribution >= 0.6 is 34.5 Å². The highest BCUT2D eigenvalue weighted by molar-refractivity contribution is 7.90. The van der Waals surface area contributed by atoms with E-state index < -0.39 is 9.84 Å². The number of aromatic nitrogens is 1. The van der Waals surface area contributed by atoms with Crippen molar-refractivity contribution in [2.75, 3.05) is 6.26 Å². The minimum atomic E-state index is -3.27. The van der Waals surface area contributed by atoms with Gasteiger partial charge in [-0.3, -0.25) is 0 Å². The van der Waals surface area contributed by atoms with Gasteiger partial charge in [0.1, 0.15) is 5.01 Å². The predicted molar refractivity (Wildman–Crippen MR) is 126 cm³/mol. The Morgan fingerprint density at radius 2 is 1.53 bits per heavy atom. The lowest BCUT2D eigenvalue weighted by molar-refractivity contribution is 0.602. The van der Waals surface area contributed by atoms with Gasteiger partial charge in [0.25, 0.3) is 0 Å². The second-order valence-electron chi connectivity index (χ2n) is 6.94. The molecule has 4 rings (SSSR count). The zero-order chi connectivity index (χ0) is 21.5. The van der Waals surface area contributed by atoms with Gasteiger partial charge in [-0.05, 0) is 42.3 Å². The Labute approximate surface area is 189 Å². The van der Waals surface area contributed by atoms with E-state index in [1.807, 2.05) is 49.4 Å². The molecule has 0 N–H and O–H groups in total. The molecule has 30 heavy (non-hydrogen) atoms. The zero-order valence-corrected chi connectivity index (χ0v) is 19.3. The molecule has 0 fully saturated rings. The molecule has 0 saturated heterocycles. The smallest absolute Gasteiger partial charge is 0.175 e. The lowest BCUT2D eigenvalue weighted by Crippen LogP contribution is -1.96. The Bertz CT molecular complexity index is 1340. The molecule has 152 valence electrons. The number of sulfone groups is 1. The molecule has 4 aromatic rings. The summed E-state index contributed by atoms with van der Waals surface area (Å²) in [6, 6.07) is 20.2. The summed E-state index contributed by atoms with van der Waals surface area (Å²) in [5, 5.41) is 2.09. The van der Waals surface area contributed by atoms with Crippen LogP contribution in [0.4, 0.5) is 0 Å². The van der Waals surface area contributed by atoms with Crippen molar-refractivity contribution >= 4 is 44.4 Å². The molecule has 0 aliphatic rings. The van der Waals surface area contributed by atoms with Gasteiger partial charge in [0.2, 0.25) is 0 Å². The normalized spacial score (nSPS) is 11.6. The second-order valence-corrected chi connectivity index (χ2v) is 10.8. The zero-order valence-electron chi connectivity index (χ0n) is 16.2.